The third kappa shape index (κ3) is 5.23. The molecular weight excluding hydrogens is 368 g/mol. The van der Waals surface area contributed by atoms with Crippen LogP contribution in [0.3, 0.4) is 0 Å². The first-order chi connectivity index (χ1) is 10.5. The van der Waals surface area contributed by atoms with Crippen LogP contribution in [0.25, 0.3) is 0 Å². The molecule has 0 aliphatic carbocycles. The molecule has 1 N–H and O–H groups in total. The quantitative estimate of drug-likeness (QED) is 0.785. The molecule has 0 bridgehead atoms. The molecular formula is C16H22BrClN2O2. The Hall–Kier alpha value is -0.620. The Morgan fingerprint density at radius 1 is 1.41 bits per heavy atom. The monoisotopic (exact) mass is 388 g/mol. The maximum Gasteiger partial charge on any atom is 0.252 e. The fourth-order valence-corrected chi connectivity index (χ4v) is 3.50. The number of hydrogen-bond acceptors (Lipinski definition) is 3. The summed E-state index contributed by atoms with van der Waals surface area (Å²) in [6, 6.07) is 5.28. The number of carbonyl (C=O) groups is 1. The number of hydrogen-bond donors (Lipinski definition) is 1. The second-order valence-corrected chi connectivity index (χ2v) is 7.07. The maximum atomic E-state index is 12.1. The van der Waals surface area contributed by atoms with Gasteiger partial charge in [-0.3, -0.25) is 9.69 Å². The molecule has 1 aromatic carbocycles. The summed E-state index contributed by atoms with van der Waals surface area (Å²) in [5.74, 6) is -0.124. The lowest BCUT2D eigenvalue weighted by molar-refractivity contribution is -0.0679. The van der Waals surface area contributed by atoms with Crippen LogP contribution in [0.1, 0.15) is 30.6 Å². The van der Waals surface area contributed by atoms with Crippen LogP contribution in [0.15, 0.2) is 22.7 Å². The van der Waals surface area contributed by atoms with Crippen LogP contribution in [0.4, 0.5) is 0 Å². The molecule has 2 atom stereocenters. The van der Waals surface area contributed by atoms with Crippen molar-refractivity contribution in [2.24, 2.45) is 0 Å². The summed E-state index contributed by atoms with van der Waals surface area (Å²) in [4.78, 5) is 14.5. The summed E-state index contributed by atoms with van der Waals surface area (Å²) < 4.78 is 6.58. The summed E-state index contributed by atoms with van der Waals surface area (Å²) >= 11 is 9.41. The van der Waals surface area contributed by atoms with Gasteiger partial charge in [-0.25, -0.2) is 0 Å². The van der Waals surface area contributed by atoms with E-state index in [1.54, 1.807) is 12.1 Å². The van der Waals surface area contributed by atoms with Gasteiger partial charge in [-0.15, -0.1) is 0 Å². The van der Waals surface area contributed by atoms with Crippen LogP contribution in [-0.4, -0.2) is 49.2 Å². The average molecular weight is 390 g/mol. The van der Waals surface area contributed by atoms with E-state index in [1.165, 1.54) is 0 Å². The molecule has 1 fully saturated rings. The Labute approximate surface area is 145 Å². The van der Waals surface area contributed by atoms with Gasteiger partial charge in [0.2, 0.25) is 0 Å². The van der Waals surface area contributed by atoms with E-state index in [1.807, 2.05) is 6.07 Å². The lowest BCUT2D eigenvalue weighted by Crippen LogP contribution is -2.46. The third-order valence-electron chi connectivity index (χ3n) is 3.61. The minimum atomic E-state index is -0.124. The number of nitrogens with one attached hydrogen (secondary N) is 1. The van der Waals surface area contributed by atoms with Gasteiger partial charge in [0.1, 0.15) is 0 Å². The van der Waals surface area contributed by atoms with Crippen LogP contribution in [0.5, 0.6) is 0 Å². The summed E-state index contributed by atoms with van der Waals surface area (Å²) in [5.41, 5.74) is 0.512. The van der Waals surface area contributed by atoms with Crippen molar-refractivity contribution >= 4 is 33.4 Å². The predicted octanol–water partition coefficient (Wildman–Crippen LogP) is 3.33. The summed E-state index contributed by atoms with van der Waals surface area (Å²) in [6.45, 7) is 7.71. The molecule has 1 aromatic rings. The van der Waals surface area contributed by atoms with Gasteiger partial charge in [0.25, 0.3) is 5.91 Å². The molecule has 0 saturated carbocycles. The number of amides is 1. The van der Waals surface area contributed by atoms with Crippen molar-refractivity contribution < 1.29 is 9.53 Å². The molecule has 122 valence electrons. The molecule has 2 unspecified atom stereocenters. The first-order valence-corrected chi connectivity index (χ1v) is 8.74. The highest BCUT2D eigenvalue weighted by Crippen LogP contribution is 2.21. The normalized spacial score (nSPS) is 22.5. The molecule has 6 heteroatoms. The Balaban J connectivity index is 1.73. The Bertz CT molecular complexity index is 517. The number of halogens is 2. The molecule has 0 radical (unpaired) electrons. The van der Waals surface area contributed by atoms with Gasteiger partial charge in [0.05, 0.1) is 22.8 Å². The van der Waals surface area contributed by atoms with Crippen LogP contribution in [0, 0.1) is 0 Å². The molecule has 2 rings (SSSR count). The van der Waals surface area contributed by atoms with E-state index in [9.17, 15) is 4.79 Å². The van der Waals surface area contributed by atoms with Crippen molar-refractivity contribution in [1.82, 2.24) is 10.2 Å². The standard InChI is InChI=1S/C16H22BrClN2O2/c1-11-9-20(10-12(2)22-11)7-3-6-19-16(21)14-5-4-13(17)8-15(14)18/h4-5,8,11-12H,3,6-7,9-10H2,1-2H3,(H,19,21). The molecule has 1 aliphatic rings. The van der Waals surface area contributed by atoms with E-state index in [0.29, 0.717) is 17.1 Å². The molecule has 1 heterocycles. The van der Waals surface area contributed by atoms with Gasteiger partial charge >= 0.3 is 0 Å². The summed E-state index contributed by atoms with van der Waals surface area (Å²) in [6.07, 6.45) is 1.47. The smallest absolute Gasteiger partial charge is 0.252 e. The van der Waals surface area contributed by atoms with Crippen LogP contribution in [0.2, 0.25) is 5.02 Å². The van der Waals surface area contributed by atoms with Crippen LogP contribution < -0.4 is 5.32 Å². The first kappa shape index (κ1) is 17.7. The Kier molecular flexibility index (Phi) is 6.68. The SMILES string of the molecule is CC1CN(CCCNC(=O)c2ccc(Br)cc2Cl)CC(C)O1. The third-order valence-corrected chi connectivity index (χ3v) is 4.41. The highest BCUT2D eigenvalue weighted by molar-refractivity contribution is 9.10. The van der Waals surface area contributed by atoms with Gasteiger partial charge in [0.15, 0.2) is 0 Å². The predicted molar refractivity (Wildman–Crippen MR) is 92.6 cm³/mol. The van der Waals surface area contributed by atoms with E-state index >= 15 is 0 Å². The largest absolute Gasteiger partial charge is 0.373 e. The fourth-order valence-electron chi connectivity index (χ4n) is 2.74. The average Bonchev–Trinajstić information content (AvgIpc) is 2.42. The number of rotatable bonds is 5. The van der Waals surface area contributed by atoms with E-state index in [-0.39, 0.29) is 18.1 Å². The van der Waals surface area contributed by atoms with Crippen LogP contribution in [-0.2, 0) is 4.74 Å². The molecule has 1 saturated heterocycles. The second kappa shape index (κ2) is 8.29. The zero-order valence-corrected chi connectivity index (χ0v) is 15.3. The number of nitrogens with zero attached hydrogens (tertiary/aromatic N) is 1. The van der Waals surface area contributed by atoms with E-state index < -0.39 is 0 Å². The minimum absolute atomic E-state index is 0.124. The van der Waals surface area contributed by atoms with Crippen molar-refractivity contribution in [2.75, 3.05) is 26.2 Å². The highest BCUT2D eigenvalue weighted by atomic mass is 79.9. The molecule has 4 nitrogen and oxygen atoms in total. The highest BCUT2D eigenvalue weighted by Gasteiger charge is 2.21. The minimum Gasteiger partial charge on any atom is -0.373 e. The molecule has 0 spiro atoms. The van der Waals surface area contributed by atoms with E-state index in [4.69, 9.17) is 16.3 Å². The Morgan fingerprint density at radius 2 is 2.09 bits per heavy atom. The fraction of sp³-hybridized carbons (Fsp3) is 0.562. The van der Waals surface area contributed by atoms with Crippen molar-refractivity contribution in [3.8, 4) is 0 Å². The molecule has 22 heavy (non-hydrogen) atoms. The van der Waals surface area contributed by atoms with Crippen LogP contribution >= 0.6 is 27.5 Å². The van der Waals surface area contributed by atoms with E-state index in [2.05, 4.69) is 40.0 Å². The Morgan fingerprint density at radius 3 is 2.73 bits per heavy atom. The lowest BCUT2D eigenvalue weighted by atomic mass is 10.2. The van der Waals surface area contributed by atoms with Gasteiger partial charge < -0.3 is 10.1 Å². The van der Waals surface area contributed by atoms with Gasteiger partial charge in [-0.05, 0) is 38.5 Å². The number of benzene rings is 1. The summed E-state index contributed by atoms with van der Waals surface area (Å²) in [7, 11) is 0. The molecule has 1 aliphatic heterocycles. The number of ether oxygens (including phenoxy) is 1. The zero-order chi connectivity index (χ0) is 16.1. The second-order valence-electron chi connectivity index (χ2n) is 5.75. The molecule has 0 aromatic heterocycles. The molecule has 1 amide bonds. The van der Waals surface area contributed by atoms with Gasteiger partial charge in [-0.1, -0.05) is 27.5 Å². The lowest BCUT2D eigenvalue weighted by Gasteiger charge is -2.35. The zero-order valence-electron chi connectivity index (χ0n) is 12.9. The van der Waals surface area contributed by atoms with Crippen molar-refractivity contribution in [3.05, 3.63) is 33.3 Å². The maximum absolute atomic E-state index is 12.1. The number of morpholine rings is 1. The number of carbonyl (C=O) groups excluding carboxylic acids is 1. The van der Waals surface area contributed by atoms with E-state index in [0.717, 1.165) is 30.5 Å². The van der Waals surface area contributed by atoms with Crippen molar-refractivity contribution in [2.45, 2.75) is 32.5 Å². The topological polar surface area (TPSA) is 41.6 Å². The summed E-state index contributed by atoms with van der Waals surface area (Å²) in [5, 5.41) is 3.39. The van der Waals surface area contributed by atoms with Gasteiger partial charge in [-0.2, -0.15) is 0 Å². The van der Waals surface area contributed by atoms with Crippen molar-refractivity contribution in [1.29, 1.82) is 0 Å². The first-order valence-electron chi connectivity index (χ1n) is 7.56. The van der Waals surface area contributed by atoms with Gasteiger partial charge in [0, 0.05) is 30.7 Å². The van der Waals surface area contributed by atoms with Crippen molar-refractivity contribution in [3.63, 3.8) is 0 Å².